The molecule has 4 heteroatoms. The summed E-state index contributed by atoms with van der Waals surface area (Å²) in [4.78, 5) is 13.1. The Balaban J connectivity index is 2.26. The predicted molar refractivity (Wildman–Crippen MR) is 52.7 cm³/mol. The molecule has 0 saturated carbocycles. The van der Waals surface area contributed by atoms with Crippen LogP contribution in [0.5, 0.6) is 0 Å². The van der Waals surface area contributed by atoms with Crippen molar-refractivity contribution in [2.45, 2.75) is 25.8 Å². The molecular formula is C9H19N3O. The Bertz CT molecular complexity index is 166. The molecule has 1 saturated heterocycles. The molecule has 0 unspecified atom stereocenters. The van der Waals surface area contributed by atoms with Gasteiger partial charge in [0.1, 0.15) is 0 Å². The summed E-state index contributed by atoms with van der Waals surface area (Å²) in [6, 6.07) is 0.353. The lowest BCUT2D eigenvalue weighted by Crippen LogP contribution is -2.49. The highest BCUT2D eigenvalue weighted by Crippen LogP contribution is 2.01. The van der Waals surface area contributed by atoms with E-state index in [9.17, 15) is 4.79 Å². The second-order valence-electron chi connectivity index (χ2n) is 3.51. The van der Waals surface area contributed by atoms with E-state index in [4.69, 9.17) is 0 Å². The van der Waals surface area contributed by atoms with Gasteiger partial charge in [0.2, 0.25) is 0 Å². The van der Waals surface area contributed by atoms with Crippen molar-refractivity contribution >= 4 is 6.03 Å². The Kier molecular flexibility index (Phi) is 4.02. The third-order valence-corrected chi connectivity index (χ3v) is 2.45. The average molecular weight is 185 g/mol. The van der Waals surface area contributed by atoms with E-state index in [2.05, 4.69) is 10.6 Å². The maximum Gasteiger partial charge on any atom is 0.317 e. The van der Waals surface area contributed by atoms with Crippen LogP contribution in [0.3, 0.4) is 0 Å². The minimum Gasteiger partial charge on any atom is -0.334 e. The molecule has 1 heterocycles. The molecule has 0 aromatic heterocycles. The van der Waals surface area contributed by atoms with Crippen LogP contribution in [0.2, 0.25) is 0 Å². The number of carbonyl (C=O) groups is 1. The number of piperidine rings is 1. The van der Waals surface area contributed by atoms with Crippen molar-refractivity contribution < 1.29 is 4.79 Å². The van der Waals surface area contributed by atoms with E-state index in [1.165, 1.54) is 0 Å². The summed E-state index contributed by atoms with van der Waals surface area (Å²) in [5.74, 6) is 0. The van der Waals surface area contributed by atoms with Gasteiger partial charge in [0.25, 0.3) is 0 Å². The van der Waals surface area contributed by atoms with Gasteiger partial charge in [0.15, 0.2) is 0 Å². The highest BCUT2D eigenvalue weighted by atomic mass is 16.2. The smallest absolute Gasteiger partial charge is 0.317 e. The number of hydrogen-bond donors (Lipinski definition) is 2. The van der Waals surface area contributed by atoms with Gasteiger partial charge < -0.3 is 15.5 Å². The zero-order valence-electron chi connectivity index (χ0n) is 8.47. The van der Waals surface area contributed by atoms with Crippen molar-refractivity contribution in [2.75, 3.05) is 26.7 Å². The molecule has 2 N–H and O–H groups in total. The molecule has 1 rings (SSSR count). The first-order chi connectivity index (χ1) is 6.24. The van der Waals surface area contributed by atoms with Gasteiger partial charge in [0.05, 0.1) is 0 Å². The van der Waals surface area contributed by atoms with Gasteiger partial charge in [0, 0.05) is 26.2 Å². The van der Waals surface area contributed by atoms with Crippen molar-refractivity contribution in [3.05, 3.63) is 0 Å². The van der Waals surface area contributed by atoms with Crippen molar-refractivity contribution in [1.29, 1.82) is 0 Å². The highest BCUT2D eigenvalue weighted by molar-refractivity contribution is 5.74. The maximum atomic E-state index is 11.4. The number of carbonyl (C=O) groups excluding carboxylic acids is 1. The monoisotopic (exact) mass is 185 g/mol. The lowest BCUT2D eigenvalue weighted by Gasteiger charge is -2.26. The average Bonchev–Trinajstić information content (AvgIpc) is 2.18. The first kappa shape index (κ1) is 10.3. The molecular weight excluding hydrogens is 166 g/mol. The van der Waals surface area contributed by atoms with Crippen LogP contribution < -0.4 is 10.6 Å². The van der Waals surface area contributed by atoms with Crippen LogP contribution in [-0.2, 0) is 0 Å². The first-order valence-corrected chi connectivity index (χ1v) is 4.96. The molecule has 2 amide bonds. The van der Waals surface area contributed by atoms with Crippen LogP contribution in [0.25, 0.3) is 0 Å². The number of nitrogens with one attached hydrogen (secondary N) is 2. The fourth-order valence-electron chi connectivity index (χ4n) is 1.40. The number of urea groups is 1. The third-order valence-electron chi connectivity index (χ3n) is 2.45. The fraction of sp³-hybridized carbons (Fsp3) is 0.889. The van der Waals surface area contributed by atoms with Crippen molar-refractivity contribution in [1.82, 2.24) is 15.5 Å². The van der Waals surface area contributed by atoms with Crippen molar-refractivity contribution in [3.63, 3.8) is 0 Å². The molecule has 13 heavy (non-hydrogen) atoms. The van der Waals surface area contributed by atoms with Gasteiger partial charge in [-0.15, -0.1) is 0 Å². The summed E-state index contributed by atoms with van der Waals surface area (Å²) in [6.45, 7) is 4.71. The lowest BCUT2D eigenvalue weighted by atomic mass is 10.1. The molecule has 0 radical (unpaired) electrons. The second-order valence-corrected chi connectivity index (χ2v) is 3.51. The minimum absolute atomic E-state index is 0.0381. The summed E-state index contributed by atoms with van der Waals surface area (Å²) < 4.78 is 0. The molecule has 4 nitrogen and oxygen atoms in total. The van der Waals surface area contributed by atoms with Crippen LogP contribution >= 0.6 is 0 Å². The van der Waals surface area contributed by atoms with E-state index < -0.39 is 0 Å². The normalized spacial score (nSPS) is 22.5. The zero-order chi connectivity index (χ0) is 9.68. The number of hydrogen-bond acceptors (Lipinski definition) is 2. The molecule has 0 bridgehead atoms. The Hall–Kier alpha value is -0.770. The summed E-state index contributed by atoms with van der Waals surface area (Å²) in [5.41, 5.74) is 0. The van der Waals surface area contributed by atoms with Crippen LogP contribution in [0.15, 0.2) is 0 Å². The molecule has 0 aliphatic carbocycles. The van der Waals surface area contributed by atoms with Crippen molar-refractivity contribution in [3.8, 4) is 0 Å². The summed E-state index contributed by atoms with van der Waals surface area (Å²) >= 11 is 0. The van der Waals surface area contributed by atoms with E-state index in [0.29, 0.717) is 6.04 Å². The molecule has 1 atom stereocenters. The second kappa shape index (κ2) is 5.07. The molecule has 0 aromatic carbocycles. The van der Waals surface area contributed by atoms with E-state index >= 15 is 0 Å². The predicted octanol–water partition coefficient (Wildman–Crippen LogP) is 0.400. The van der Waals surface area contributed by atoms with E-state index in [-0.39, 0.29) is 6.03 Å². The number of amides is 2. The van der Waals surface area contributed by atoms with E-state index in [1.807, 2.05) is 14.0 Å². The molecule has 1 aliphatic heterocycles. The van der Waals surface area contributed by atoms with Crippen LogP contribution in [-0.4, -0.2) is 43.7 Å². The SMILES string of the molecule is CCN(C)C(=O)N[C@@H]1CCCNC1. The molecule has 1 fully saturated rings. The maximum absolute atomic E-state index is 11.4. The molecule has 1 aliphatic rings. The Morgan fingerprint density at radius 1 is 1.69 bits per heavy atom. The Morgan fingerprint density at radius 3 is 3.00 bits per heavy atom. The summed E-state index contributed by atoms with van der Waals surface area (Å²) in [5, 5.41) is 6.26. The third kappa shape index (κ3) is 3.22. The van der Waals surface area contributed by atoms with Gasteiger partial charge in [-0.3, -0.25) is 0 Å². The molecule has 76 valence electrons. The highest BCUT2D eigenvalue weighted by Gasteiger charge is 2.16. The van der Waals surface area contributed by atoms with Crippen LogP contribution in [0.1, 0.15) is 19.8 Å². The zero-order valence-corrected chi connectivity index (χ0v) is 8.47. The van der Waals surface area contributed by atoms with Gasteiger partial charge in [-0.05, 0) is 26.3 Å². The number of nitrogens with zero attached hydrogens (tertiary/aromatic N) is 1. The van der Waals surface area contributed by atoms with Gasteiger partial charge in [-0.2, -0.15) is 0 Å². The van der Waals surface area contributed by atoms with Crippen molar-refractivity contribution in [2.24, 2.45) is 0 Å². The minimum atomic E-state index is 0.0381. The van der Waals surface area contributed by atoms with Gasteiger partial charge in [-0.1, -0.05) is 0 Å². The summed E-state index contributed by atoms with van der Waals surface area (Å²) in [7, 11) is 1.81. The van der Waals surface area contributed by atoms with Gasteiger partial charge in [-0.25, -0.2) is 4.79 Å². The fourth-order valence-corrected chi connectivity index (χ4v) is 1.40. The van der Waals surface area contributed by atoms with Crippen LogP contribution in [0, 0.1) is 0 Å². The number of rotatable bonds is 2. The topological polar surface area (TPSA) is 44.4 Å². The summed E-state index contributed by atoms with van der Waals surface area (Å²) in [6.07, 6.45) is 2.25. The Labute approximate surface area is 79.7 Å². The standard InChI is InChI=1S/C9H19N3O/c1-3-12(2)9(13)11-8-5-4-6-10-7-8/h8,10H,3-7H2,1-2H3,(H,11,13)/t8-/m1/s1. The van der Waals surface area contributed by atoms with Crippen LogP contribution in [0.4, 0.5) is 4.79 Å². The first-order valence-electron chi connectivity index (χ1n) is 4.96. The molecule has 0 spiro atoms. The van der Waals surface area contributed by atoms with Gasteiger partial charge >= 0.3 is 6.03 Å². The van der Waals surface area contributed by atoms with E-state index in [0.717, 1.165) is 32.5 Å². The Morgan fingerprint density at radius 2 is 2.46 bits per heavy atom. The largest absolute Gasteiger partial charge is 0.334 e. The van der Waals surface area contributed by atoms with E-state index in [1.54, 1.807) is 4.90 Å². The lowest BCUT2D eigenvalue weighted by molar-refractivity contribution is 0.204. The molecule has 0 aromatic rings. The quantitative estimate of drug-likeness (QED) is 0.654.